The Labute approximate surface area is 115 Å². The topological polar surface area (TPSA) is 111 Å². The lowest BCUT2D eigenvalue weighted by Crippen LogP contribution is -2.20. The SMILES string of the molecule is Cc1cccc(CN(C)c2nc(N)ncc2[N+](=O)[O-])n1. The highest BCUT2D eigenvalue weighted by atomic mass is 16.6. The largest absolute Gasteiger partial charge is 0.368 e. The molecule has 104 valence electrons. The molecule has 0 atom stereocenters. The molecule has 0 fully saturated rings. The molecular weight excluding hydrogens is 260 g/mol. The highest BCUT2D eigenvalue weighted by molar-refractivity contribution is 5.57. The normalized spacial score (nSPS) is 10.3. The molecule has 2 rings (SSSR count). The van der Waals surface area contributed by atoms with Gasteiger partial charge in [0, 0.05) is 12.7 Å². The summed E-state index contributed by atoms with van der Waals surface area (Å²) in [6.07, 6.45) is 1.11. The van der Waals surface area contributed by atoms with Crippen LogP contribution >= 0.6 is 0 Å². The molecule has 0 aliphatic carbocycles. The second-order valence-electron chi connectivity index (χ2n) is 4.32. The van der Waals surface area contributed by atoms with E-state index in [0.29, 0.717) is 6.54 Å². The number of aromatic nitrogens is 3. The van der Waals surface area contributed by atoms with Gasteiger partial charge in [0.25, 0.3) is 0 Å². The molecule has 0 amide bonds. The van der Waals surface area contributed by atoms with Crippen molar-refractivity contribution in [2.75, 3.05) is 17.7 Å². The first kappa shape index (κ1) is 13.7. The van der Waals surface area contributed by atoms with Crippen molar-refractivity contribution in [2.45, 2.75) is 13.5 Å². The summed E-state index contributed by atoms with van der Waals surface area (Å²) in [5, 5.41) is 11.0. The van der Waals surface area contributed by atoms with Gasteiger partial charge in [-0.3, -0.25) is 15.1 Å². The Morgan fingerprint density at radius 2 is 2.15 bits per heavy atom. The lowest BCUT2D eigenvalue weighted by molar-refractivity contribution is -0.384. The summed E-state index contributed by atoms with van der Waals surface area (Å²) in [6.45, 7) is 2.27. The van der Waals surface area contributed by atoms with Crippen LogP contribution in [-0.2, 0) is 6.54 Å². The van der Waals surface area contributed by atoms with Gasteiger partial charge in [-0.25, -0.2) is 4.98 Å². The maximum absolute atomic E-state index is 11.0. The molecule has 2 heterocycles. The number of rotatable bonds is 4. The summed E-state index contributed by atoms with van der Waals surface area (Å²) in [6, 6.07) is 5.61. The van der Waals surface area contributed by atoms with E-state index in [1.807, 2.05) is 25.1 Å². The van der Waals surface area contributed by atoms with Gasteiger partial charge in [-0.1, -0.05) is 6.07 Å². The van der Waals surface area contributed by atoms with Crippen molar-refractivity contribution in [2.24, 2.45) is 0 Å². The van der Waals surface area contributed by atoms with Gasteiger partial charge < -0.3 is 10.6 Å². The number of nitrogens with zero attached hydrogens (tertiary/aromatic N) is 5. The van der Waals surface area contributed by atoms with Crippen LogP contribution < -0.4 is 10.6 Å². The lowest BCUT2D eigenvalue weighted by Gasteiger charge is -2.17. The molecule has 2 N–H and O–H groups in total. The minimum Gasteiger partial charge on any atom is -0.368 e. The maximum Gasteiger partial charge on any atom is 0.329 e. The molecule has 8 nitrogen and oxygen atoms in total. The first-order chi connectivity index (χ1) is 9.47. The average Bonchev–Trinajstić information content (AvgIpc) is 2.38. The van der Waals surface area contributed by atoms with Crippen molar-refractivity contribution < 1.29 is 4.92 Å². The predicted octanol–water partition coefficient (Wildman–Crippen LogP) is 1.31. The van der Waals surface area contributed by atoms with Gasteiger partial charge in [-0.05, 0) is 19.1 Å². The van der Waals surface area contributed by atoms with Crippen LogP contribution in [0.4, 0.5) is 17.5 Å². The van der Waals surface area contributed by atoms with Crippen molar-refractivity contribution in [1.82, 2.24) is 15.0 Å². The summed E-state index contributed by atoms with van der Waals surface area (Å²) >= 11 is 0. The van der Waals surface area contributed by atoms with E-state index in [-0.39, 0.29) is 17.5 Å². The quantitative estimate of drug-likeness (QED) is 0.660. The van der Waals surface area contributed by atoms with Crippen LogP contribution in [-0.4, -0.2) is 26.9 Å². The number of nitrogen functional groups attached to an aromatic ring is 1. The Kier molecular flexibility index (Phi) is 3.74. The molecule has 2 aromatic rings. The fourth-order valence-corrected chi connectivity index (χ4v) is 1.79. The number of anilines is 2. The van der Waals surface area contributed by atoms with Crippen molar-refractivity contribution in [3.05, 3.63) is 45.9 Å². The first-order valence-corrected chi connectivity index (χ1v) is 5.88. The van der Waals surface area contributed by atoms with E-state index < -0.39 is 4.92 Å². The van der Waals surface area contributed by atoms with Crippen LogP contribution in [0.3, 0.4) is 0 Å². The fraction of sp³-hybridized carbons (Fsp3) is 0.250. The highest BCUT2D eigenvalue weighted by Crippen LogP contribution is 2.25. The molecule has 8 heteroatoms. The number of nitrogens with two attached hydrogens (primary N) is 1. The van der Waals surface area contributed by atoms with Crippen LogP contribution in [0.1, 0.15) is 11.4 Å². The molecular formula is C12H14N6O2. The Balaban J connectivity index is 2.31. The van der Waals surface area contributed by atoms with E-state index in [1.54, 1.807) is 11.9 Å². The van der Waals surface area contributed by atoms with E-state index >= 15 is 0 Å². The van der Waals surface area contributed by atoms with Gasteiger partial charge in [0.15, 0.2) is 0 Å². The molecule has 0 aromatic carbocycles. The molecule has 0 saturated heterocycles. The van der Waals surface area contributed by atoms with Crippen LogP contribution in [0.25, 0.3) is 0 Å². The van der Waals surface area contributed by atoms with Crippen molar-refractivity contribution in [3.63, 3.8) is 0 Å². The number of hydrogen-bond donors (Lipinski definition) is 1. The van der Waals surface area contributed by atoms with E-state index in [9.17, 15) is 10.1 Å². The summed E-state index contributed by atoms with van der Waals surface area (Å²) in [4.78, 5) is 24.0. The Morgan fingerprint density at radius 3 is 2.80 bits per heavy atom. The molecule has 0 radical (unpaired) electrons. The van der Waals surface area contributed by atoms with E-state index in [1.165, 1.54) is 0 Å². The zero-order chi connectivity index (χ0) is 14.7. The van der Waals surface area contributed by atoms with Crippen LogP contribution in [0.15, 0.2) is 24.4 Å². The third-order valence-corrected chi connectivity index (χ3v) is 2.67. The number of nitro groups is 1. The van der Waals surface area contributed by atoms with Crippen LogP contribution in [0.2, 0.25) is 0 Å². The van der Waals surface area contributed by atoms with E-state index in [2.05, 4.69) is 15.0 Å². The summed E-state index contributed by atoms with van der Waals surface area (Å²) in [5.41, 5.74) is 6.98. The number of aryl methyl sites for hydroxylation is 1. The van der Waals surface area contributed by atoms with Crippen molar-refractivity contribution in [1.29, 1.82) is 0 Å². The number of hydrogen-bond acceptors (Lipinski definition) is 7. The summed E-state index contributed by atoms with van der Waals surface area (Å²) in [7, 11) is 1.69. The molecule has 2 aromatic heterocycles. The minimum absolute atomic E-state index is 0.00495. The third kappa shape index (κ3) is 2.97. The van der Waals surface area contributed by atoms with Crippen LogP contribution in [0.5, 0.6) is 0 Å². The van der Waals surface area contributed by atoms with Crippen molar-refractivity contribution in [3.8, 4) is 0 Å². The van der Waals surface area contributed by atoms with Crippen LogP contribution in [0, 0.1) is 17.0 Å². The standard InChI is InChI=1S/C12H14N6O2/c1-8-4-3-5-9(15-8)7-17(2)11-10(18(19)20)6-14-12(13)16-11/h3-6H,7H2,1-2H3,(H2,13,14,16). The number of pyridine rings is 1. The molecule has 0 spiro atoms. The molecule has 0 bridgehead atoms. The van der Waals surface area contributed by atoms with Gasteiger partial charge in [-0.2, -0.15) is 4.98 Å². The molecule has 20 heavy (non-hydrogen) atoms. The van der Waals surface area contributed by atoms with E-state index in [0.717, 1.165) is 17.6 Å². The highest BCUT2D eigenvalue weighted by Gasteiger charge is 2.20. The maximum atomic E-state index is 11.0. The first-order valence-electron chi connectivity index (χ1n) is 5.88. The lowest BCUT2D eigenvalue weighted by atomic mass is 10.3. The Morgan fingerprint density at radius 1 is 1.40 bits per heavy atom. The van der Waals surface area contributed by atoms with Gasteiger partial charge in [0.2, 0.25) is 11.8 Å². The second-order valence-corrected chi connectivity index (χ2v) is 4.32. The zero-order valence-corrected chi connectivity index (χ0v) is 11.1. The Hall–Kier alpha value is -2.77. The van der Waals surface area contributed by atoms with E-state index in [4.69, 9.17) is 5.73 Å². The zero-order valence-electron chi connectivity index (χ0n) is 11.1. The smallest absolute Gasteiger partial charge is 0.329 e. The summed E-state index contributed by atoms with van der Waals surface area (Å²) < 4.78 is 0. The average molecular weight is 274 g/mol. The van der Waals surface area contributed by atoms with Crippen molar-refractivity contribution >= 4 is 17.5 Å². The second kappa shape index (κ2) is 5.47. The summed E-state index contributed by atoms with van der Waals surface area (Å²) in [5.74, 6) is 0.167. The van der Waals surface area contributed by atoms with Gasteiger partial charge in [0.05, 0.1) is 17.2 Å². The molecule has 0 aliphatic heterocycles. The monoisotopic (exact) mass is 274 g/mol. The van der Waals surface area contributed by atoms with Gasteiger partial charge in [0.1, 0.15) is 6.20 Å². The van der Waals surface area contributed by atoms with Gasteiger partial charge >= 0.3 is 5.69 Å². The molecule has 0 saturated carbocycles. The predicted molar refractivity (Wildman–Crippen MR) is 74.2 cm³/mol. The Bertz CT molecular complexity index is 646. The minimum atomic E-state index is -0.533. The third-order valence-electron chi connectivity index (χ3n) is 2.67. The molecule has 0 unspecified atom stereocenters. The molecule has 0 aliphatic rings. The van der Waals surface area contributed by atoms with Gasteiger partial charge in [-0.15, -0.1) is 0 Å². The fourth-order valence-electron chi connectivity index (χ4n) is 1.79.